The standard InChI is InChI=1S/C13H19BrFN/c1-13(2,3)12(16-4)7-9-5-10(14)8-11(15)6-9/h5-6,8,12,16H,7H2,1-4H3. The van der Waals surface area contributed by atoms with Gasteiger partial charge in [-0.15, -0.1) is 0 Å². The SMILES string of the molecule is CNC(Cc1cc(F)cc(Br)c1)C(C)(C)C. The van der Waals surface area contributed by atoms with E-state index in [1.807, 2.05) is 13.1 Å². The number of hydrogen-bond acceptors (Lipinski definition) is 1. The van der Waals surface area contributed by atoms with Crippen molar-refractivity contribution in [3.8, 4) is 0 Å². The molecule has 0 spiro atoms. The number of likely N-dealkylation sites (N-methyl/N-ethyl adjacent to an activating group) is 1. The van der Waals surface area contributed by atoms with E-state index in [0.29, 0.717) is 6.04 Å². The molecular weight excluding hydrogens is 269 g/mol. The Balaban J connectivity index is 2.86. The highest BCUT2D eigenvalue weighted by Gasteiger charge is 2.23. The lowest BCUT2D eigenvalue weighted by Gasteiger charge is -2.30. The summed E-state index contributed by atoms with van der Waals surface area (Å²) in [5.74, 6) is -0.187. The fourth-order valence-corrected chi connectivity index (χ4v) is 2.32. The topological polar surface area (TPSA) is 12.0 Å². The van der Waals surface area contributed by atoms with Crippen molar-refractivity contribution >= 4 is 15.9 Å². The third-order valence-corrected chi connectivity index (χ3v) is 3.21. The maximum Gasteiger partial charge on any atom is 0.124 e. The molecule has 0 bridgehead atoms. The predicted molar refractivity (Wildman–Crippen MR) is 70.1 cm³/mol. The first kappa shape index (κ1) is 13.7. The Labute approximate surface area is 106 Å². The lowest BCUT2D eigenvalue weighted by atomic mass is 9.83. The summed E-state index contributed by atoms with van der Waals surface area (Å²) in [5.41, 5.74) is 1.18. The number of benzene rings is 1. The Kier molecular flexibility index (Phi) is 4.51. The monoisotopic (exact) mass is 287 g/mol. The number of nitrogens with one attached hydrogen (secondary N) is 1. The summed E-state index contributed by atoms with van der Waals surface area (Å²) in [6, 6.07) is 5.39. The average molecular weight is 288 g/mol. The van der Waals surface area contributed by atoms with E-state index < -0.39 is 0 Å². The van der Waals surface area contributed by atoms with Gasteiger partial charge < -0.3 is 5.32 Å². The summed E-state index contributed by atoms with van der Waals surface area (Å²) in [4.78, 5) is 0. The van der Waals surface area contributed by atoms with Crippen molar-refractivity contribution < 1.29 is 4.39 Å². The van der Waals surface area contributed by atoms with E-state index in [0.717, 1.165) is 16.5 Å². The highest BCUT2D eigenvalue weighted by atomic mass is 79.9. The first-order valence-electron chi connectivity index (χ1n) is 5.45. The van der Waals surface area contributed by atoms with Crippen LogP contribution in [0.4, 0.5) is 4.39 Å². The molecule has 0 heterocycles. The van der Waals surface area contributed by atoms with E-state index in [4.69, 9.17) is 0 Å². The molecule has 0 aromatic heterocycles. The highest BCUT2D eigenvalue weighted by molar-refractivity contribution is 9.10. The van der Waals surface area contributed by atoms with Crippen LogP contribution in [-0.2, 0) is 6.42 Å². The normalized spacial score (nSPS) is 13.9. The van der Waals surface area contributed by atoms with Crippen molar-refractivity contribution in [2.75, 3.05) is 7.05 Å². The van der Waals surface area contributed by atoms with Gasteiger partial charge in [-0.3, -0.25) is 0 Å². The van der Waals surface area contributed by atoms with Crippen LogP contribution in [0.15, 0.2) is 22.7 Å². The molecule has 0 aliphatic rings. The quantitative estimate of drug-likeness (QED) is 0.893. The Morgan fingerprint density at radius 2 is 1.94 bits per heavy atom. The molecule has 16 heavy (non-hydrogen) atoms. The van der Waals surface area contributed by atoms with Crippen LogP contribution in [-0.4, -0.2) is 13.1 Å². The van der Waals surface area contributed by atoms with Gasteiger partial charge in [-0.1, -0.05) is 36.7 Å². The van der Waals surface area contributed by atoms with Crippen LogP contribution in [0, 0.1) is 11.2 Å². The highest BCUT2D eigenvalue weighted by Crippen LogP contribution is 2.24. The fraction of sp³-hybridized carbons (Fsp3) is 0.538. The van der Waals surface area contributed by atoms with Gasteiger partial charge in [0.2, 0.25) is 0 Å². The maximum absolute atomic E-state index is 13.2. The Morgan fingerprint density at radius 3 is 2.38 bits per heavy atom. The summed E-state index contributed by atoms with van der Waals surface area (Å²) < 4.78 is 14.0. The van der Waals surface area contributed by atoms with Gasteiger partial charge in [0.15, 0.2) is 0 Å². The van der Waals surface area contributed by atoms with Crippen molar-refractivity contribution in [3.63, 3.8) is 0 Å². The van der Waals surface area contributed by atoms with E-state index in [-0.39, 0.29) is 11.2 Å². The molecule has 1 rings (SSSR count). The largest absolute Gasteiger partial charge is 0.316 e. The van der Waals surface area contributed by atoms with Crippen molar-refractivity contribution in [3.05, 3.63) is 34.1 Å². The van der Waals surface area contributed by atoms with E-state index in [2.05, 4.69) is 42.0 Å². The van der Waals surface area contributed by atoms with Crippen LogP contribution >= 0.6 is 15.9 Å². The average Bonchev–Trinajstić information content (AvgIpc) is 2.10. The van der Waals surface area contributed by atoms with Crippen LogP contribution in [0.2, 0.25) is 0 Å². The van der Waals surface area contributed by atoms with Crippen molar-refractivity contribution in [1.82, 2.24) is 5.32 Å². The first-order chi connectivity index (χ1) is 7.32. The summed E-state index contributed by atoms with van der Waals surface area (Å²) >= 11 is 3.31. The molecule has 0 aliphatic carbocycles. The minimum Gasteiger partial charge on any atom is -0.316 e. The second-order valence-corrected chi connectivity index (χ2v) is 6.10. The second kappa shape index (κ2) is 5.28. The minimum absolute atomic E-state index is 0.160. The van der Waals surface area contributed by atoms with Crippen LogP contribution in [0.1, 0.15) is 26.3 Å². The van der Waals surface area contributed by atoms with E-state index >= 15 is 0 Å². The van der Waals surface area contributed by atoms with Crippen molar-refractivity contribution in [2.24, 2.45) is 5.41 Å². The zero-order valence-electron chi connectivity index (χ0n) is 10.3. The molecule has 1 N–H and O–H groups in total. The predicted octanol–water partition coefficient (Wildman–Crippen LogP) is 3.76. The molecule has 90 valence electrons. The Morgan fingerprint density at radius 1 is 1.31 bits per heavy atom. The Hall–Kier alpha value is -0.410. The van der Waals surface area contributed by atoms with E-state index in [9.17, 15) is 4.39 Å². The lowest BCUT2D eigenvalue weighted by Crippen LogP contribution is -2.39. The smallest absolute Gasteiger partial charge is 0.124 e. The van der Waals surface area contributed by atoms with E-state index in [1.165, 1.54) is 6.07 Å². The van der Waals surface area contributed by atoms with Crippen LogP contribution in [0.3, 0.4) is 0 Å². The van der Waals surface area contributed by atoms with Crippen molar-refractivity contribution in [2.45, 2.75) is 33.2 Å². The van der Waals surface area contributed by atoms with Gasteiger partial charge >= 0.3 is 0 Å². The molecule has 0 saturated carbocycles. The molecule has 1 nitrogen and oxygen atoms in total. The summed E-state index contributed by atoms with van der Waals surface area (Å²) in [6.45, 7) is 6.55. The molecule has 1 aromatic carbocycles. The molecule has 0 fully saturated rings. The van der Waals surface area contributed by atoms with E-state index in [1.54, 1.807) is 6.07 Å². The number of hydrogen-bond donors (Lipinski definition) is 1. The zero-order chi connectivity index (χ0) is 12.3. The molecule has 3 heteroatoms. The number of rotatable bonds is 3. The van der Waals surface area contributed by atoms with Crippen LogP contribution < -0.4 is 5.32 Å². The molecule has 0 saturated heterocycles. The second-order valence-electron chi connectivity index (χ2n) is 5.19. The molecule has 1 unspecified atom stereocenters. The zero-order valence-corrected chi connectivity index (χ0v) is 11.9. The van der Waals surface area contributed by atoms with Gasteiger partial charge in [0, 0.05) is 10.5 Å². The van der Waals surface area contributed by atoms with Crippen LogP contribution in [0.5, 0.6) is 0 Å². The molecule has 0 radical (unpaired) electrons. The van der Waals surface area contributed by atoms with Crippen molar-refractivity contribution in [1.29, 1.82) is 0 Å². The summed E-state index contributed by atoms with van der Waals surface area (Å²) in [7, 11) is 1.95. The van der Waals surface area contributed by atoms with Gasteiger partial charge in [-0.2, -0.15) is 0 Å². The molecule has 0 amide bonds. The summed E-state index contributed by atoms with van der Waals surface area (Å²) in [5, 5.41) is 3.29. The van der Waals surface area contributed by atoms with Gasteiger partial charge in [0.05, 0.1) is 0 Å². The summed E-state index contributed by atoms with van der Waals surface area (Å²) in [6.07, 6.45) is 0.830. The third-order valence-electron chi connectivity index (χ3n) is 2.76. The van der Waals surface area contributed by atoms with Gasteiger partial charge in [-0.25, -0.2) is 4.39 Å². The third kappa shape index (κ3) is 3.87. The minimum atomic E-state index is -0.187. The van der Waals surface area contributed by atoms with Gasteiger partial charge in [-0.05, 0) is 42.6 Å². The first-order valence-corrected chi connectivity index (χ1v) is 6.24. The molecular formula is C13H19BrFN. The molecule has 1 atom stereocenters. The Bertz CT molecular complexity index is 337. The molecule has 0 aliphatic heterocycles. The fourth-order valence-electron chi connectivity index (χ4n) is 1.81. The number of halogens is 2. The van der Waals surface area contributed by atoms with Crippen LogP contribution in [0.25, 0.3) is 0 Å². The van der Waals surface area contributed by atoms with Gasteiger partial charge in [0.25, 0.3) is 0 Å². The van der Waals surface area contributed by atoms with Gasteiger partial charge in [0.1, 0.15) is 5.82 Å². The lowest BCUT2D eigenvalue weighted by molar-refractivity contribution is 0.279. The maximum atomic E-state index is 13.2. The molecule has 1 aromatic rings.